The minimum Gasteiger partial charge on any atom is -0.490 e. The number of rotatable bonds is 9. The molecule has 0 aliphatic carbocycles. The van der Waals surface area contributed by atoms with E-state index in [2.05, 4.69) is 15.9 Å². The first kappa shape index (κ1) is 15.8. The van der Waals surface area contributed by atoms with E-state index in [1.54, 1.807) is 7.11 Å². The first-order valence-corrected chi connectivity index (χ1v) is 7.14. The zero-order valence-electron chi connectivity index (χ0n) is 10.5. The monoisotopic (exact) mass is 336 g/mol. The molecule has 18 heavy (non-hydrogen) atoms. The Bertz CT molecular complexity index is 347. The van der Waals surface area contributed by atoms with Crippen molar-refractivity contribution >= 4 is 27.5 Å². The van der Waals surface area contributed by atoms with E-state index in [0.717, 1.165) is 28.8 Å². The number of alkyl halides is 1. The van der Waals surface area contributed by atoms with Crippen molar-refractivity contribution < 1.29 is 14.2 Å². The Labute approximate surface area is 121 Å². The molecule has 0 bridgehead atoms. The van der Waals surface area contributed by atoms with Gasteiger partial charge >= 0.3 is 0 Å². The average molecular weight is 338 g/mol. The minimum absolute atomic E-state index is 0.501. The standard InChI is InChI=1S/C13H18BrClO3/c1-16-5-2-6-17-7-8-18-13-4-3-11(10-15)9-12(13)14/h3-4,9H,2,5-8,10H2,1H3. The molecule has 3 nitrogen and oxygen atoms in total. The van der Waals surface area contributed by atoms with Gasteiger partial charge in [0.15, 0.2) is 0 Å². The lowest BCUT2D eigenvalue weighted by Crippen LogP contribution is -2.08. The van der Waals surface area contributed by atoms with E-state index in [1.807, 2.05) is 18.2 Å². The van der Waals surface area contributed by atoms with E-state index in [9.17, 15) is 0 Å². The molecule has 1 aromatic rings. The van der Waals surface area contributed by atoms with Crippen LogP contribution in [0.4, 0.5) is 0 Å². The van der Waals surface area contributed by atoms with Crippen LogP contribution < -0.4 is 4.74 Å². The van der Waals surface area contributed by atoms with Crippen LogP contribution in [0.2, 0.25) is 0 Å². The Kier molecular flexibility index (Phi) is 8.42. The molecular weight excluding hydrogens is 319 g/mol. The molecule has 0 unspecified atom stereocenters. The van der Waals surface area contributed by atoms with Crippen LogP contribution in [0.5, 0.6) is 5.75 Å². The van der Waals surface area contributed by atoms with Crippen LogP contribution >= 0.6 is 27.5 Å². The Balaban J connectivity index is 2.19. The molecule has 0 atom stereocenters. The van der Waals surface area contributed by atoms with Crippen molar-refractivity contribution in [3.05, 3.63) is 28.2 Å². The van der Waals surface area contributed by atoms with Crippen LogP contribution in [0.25, 0.3) is 0 Å². The number of methoxy groups -OCH3 is 1. The molecule has 0 aliphatic rings. The molecule has 0 amide bonds. The predicted molar refractivity (Wildman–Crippen MR) is 76.5 cm³/mol. The number of hydrogen-bond donors (Lipinski definition) is 0. The SMILES string of the molecule is COCCCOCCOc1ccc(CCl)cc1Br. The van der Waals surface area contributed by atoms with Crippen LogP contribution in [-0.2, 0) is 15.4 Å². The van der Waals surface area contributed by atoms with Crippen LogP contribution in [0.15, 0.2) is 22.7 Å². The van der Waals surface area contributed by atoms with Crippen molar-refractivity contribution in [2.75, 3.05) is 33.5 Å². The van der Waals surface area contributed by atoms with E-state index in [1.165, 1.54) is 0 Å². The molecule has 102 valence electrons. The molecule has 0 heterocycles. The van der Waals surface area contributed by atoms with E-state index in [-0.39, 0.29) is 0 Å². The van der Waals surface area contributed by atoms with Gasteiger partial charge in [-0.15, -0.1) is 11.6 Å². The molecule has 0 saturated carbocycles. The first-order chi connectivity index (χ1) is 8.77. The molecule has 1 rings (SSSR count). The minimum atomic E-state index is 0.501. The fourth-order valence-corrected chi connectivity index (χ4v) is 2.07. The zero-order chi connectivity index (χ0) is 13.2. The zero-order valence-corrected chi connectivity index (χ0v) is 12.8. The summed E-state index contributed by atoms with van der Waals surface area (Å²) in [4.78, 5) is 0. The largest absolute Gasteiger partial charge is 0.490 e. The Morgan fingerprint density at radius 3 is 2.67 bits per heavy atom. The molecule has 0 saturated heterocycles. The summed E-state index contributed by atoms with van der Waals surface area (Å²) in [6, 6.07) is 5.82. The third-order valence-electron chi connectivity index (χ3n) is 2.27. The van der Waals surface area contributed by atoms with Gasteiger partial charge in [-0.2, -0.15) is 0 Å². The molecule has 0 fully saturated rings. The Morgan fingerprint density at radius 2 is 2.00 bits per heavy atom. The van der Waals surface area contributed by atoms with Gasteiger partial charge in [0.25, 0.3) is 0 Å². The average Bonchev–Trinajstić information content (AvgIpc) is 2.39. The van der Waals surface area contributed by atoms with Crippen molar-refractivity contribution in [2.24, 2.45) is 0 Å². The summed E-state index contributed by atoms with van der Waals surface area (Å²) >= 11 is 9.20. The van der Waals surface area contributed by atoms with Crippen LogP contribution in [0.1, 0.15) is 12.0 Å². The second kappa shape index (κ2) is 9.62. The van der Waals surface area contributed by atoms with Gasteiger partial charge in [-0.25, -0.2) is 0 Å². The molecular formula is C13H18BrClO3. The third-order valence-corrected chi connectivity index (χ3v) is 3.20. The van der Waals surface area contributed by atoms with Crippen molar-refractivity contribution in [3.8, 4) is 5.75 Å². The second-order valence-electron chi connectivity index (χ2n) is 3.71. The fraction of sp³-hybridized carbons (Fsp3) is 0.538. The third kappa shape index (κ3) is 6.05. The topological polar surface area (TPSA) is 27.7 Å². The van der Waals surface area contributed by atoms with Gasteiger partial charge in [0.1, 0.15) is 12.4 Å². The number of hydrogen-bond acceptors (Lipinski definition) is 3. The molecule has 0 spiro atoms. The van der Waals surface area contributed by atoms with E-state index in [4.69, 9.17) is 25.8 Å². The molecule has 0 radical (unpaired) electrons. The van der Waals surface area contributed by atoms with Gasteiger partial charge in [-0.1, -0.05) is 6.07 Å². The second-order valence-corrected chi connectivity index (χ2v) is 4.83. The number of ether oxygens (including phenoxy) is 3. The van der Waals surface area contributed by atoms with Gasteiger partial charge in [-0.3, -0.25) is 0 Å². The van der Waals surface area contributed by atoms with Crippen LogP contribution in [0.3, 0.4) is 0 Å². The summed E-state index contributed by atoms with van der Waals surface area (Å²) < 4.78 is 16.8. The molecule has 0 aromatic heterocycles. The van der Waals surface area contributed by atoms with Gasteiger partial charge in [-0.05, 0) is 40.0 Å². The predicted octanol–water partition coefficient (Wildman–Crippen LogP) is 3.62. The Morgan fingerprint density at radius 1 is 1.17 bits per heavy atom. The number of benzene rings is 1. The lowest BCUT2D eigenvalue weighted by molar-refractivity contribution is 0.0805. The normalized spacial score (nSPS) is 10.6. The van der Waals surface area contributed by atoms with Crippen molar-refractivity contribution in [3.63, 3.8) is 0 Å². The highest BCUT2D eigenvalue weighted by Crippen LogP contribution is 2.26. The lowest BCUT2D eigenvalue weighted by Gasteiger charge is -2.09. The van der Waals surface area contributed by atoms with E-state index < -0.39 is 0 Å². The molecule has 5 heteroatoms. The van der Waals surface area contributed by atoms with Crippen LogP contribution in [0, 0.1) is 0 Å². The quantitative estimate of drug-likeness (QED) is 0.509. The first-order valence-electron chi connectivity index (χ1n) is 5.81. The highest BCUT2D eigenvalue weighted by Gasteiger charge is 2.02. The maximum atomic E-state index is 5.75. The summed E-state index contributed by atoms with van der Waals surface area (Å²) in [7, 11) is 1.69. The van der Waals surface area contributed by atoms with Crippen molar-refractivity contribution in [1.29, 1.82) is 0 Å². The molecule has 1 aromatic carbocycles. The summed E-state index contributed by atoms with van der Waals surface area (Å²) in [6.45, 7) is 2.54. The maximum absolute atomic E-state index is 5.75. The smallest absolute Gasteiger partial charge is 0.133 e. The Hall–Kier alpha value is -0.290. The van der Waals surface area contributed by atoms with Crippen molar-refractivity contribution in [2.45, 2.75) is 12.3 Å². The molecule has 0 N–H and O–H groups in total. The van der Waals surface area contributed by atoms with Gasteiger partial charge in [0.2, 0.25) is 0 Å². The van der Waals surface area contributed by atoms with Gasteiger partial charge < -0.3 is 14.2 Å². The van der Waals surface area contributed by atoms with Gasteiger partial charge in [0, 0.05) is 26.2 Å². The van der Waals surface area contributed by atoms with E-state index >= 15 is 0 Å². The maximum Gasteiger partial charge on any atom is 0.133 e. The molecule has 0 aliphatic heterocycles. The summed E-state index contributed by atoms with van der Waals surface area (Å²) in [6.07, 6.45) is 0.907. The van der Waals surface area contributed by atoms with Crippen molar-refractivity contribution in [1.82, 2.24) is 0 Å². The summed E-state index contributed by atoms with van der Waals surface area (Å²) in [5.74, 6) is 1.31. The van der Waals surface area contributed by atoms with Crippen LogP contribution in [-0.4, -0.2) is 33.5 Å². The number of halogens is 2. The highest BCUT2D eigenvalue weighted by atomic mass is 79.9. The summed E-state index contributed by atoms with van der Waals surface area (Å²) in [5, 5.41) is 0. The lowest BCUT2D eigenvalue weighted by atomic mass is 10.2. The summed E-state index contributed by atoms with van der Waals surface area (Å²) in [5.41, 5.74) is 1.06. The van der Waals surface area contributed by atoms with Gasteiger partial charge in [0.05, 0.1) is 11.1 Å². The highest BCUT2D eigenvalue weighted by molar-refractivity contribution is 9.10. The van der Waals surface area contributed by atoms with E-state index in [0.29, 0.717) is 25.7 Å². The fourth-order valence-electron chi connectivity index (χ4n) is 1.36.